The summed E-state index contributed by atoms with van der Waals surface area (Å²) in [5.74, 6) is 0.698. The summed E-state index contributed by atoms with van der Waals surface area (Å²) in [7, 11) is -3.66. The number of aromatic nitrogens is 2. The number of sulfonamides is 1. The fourth-order valence-electron chi connectivity index (χ4n) is 1.99. The molecule has 1 heterocycles. The van der Waals surface area contributed by atoms with Gasteiger partial charge in [-0.25, -0.2) is 4.98 Å². The van der Waals surface area contributed by atoms with Gasteiger partial charge in [0.2, 0.25) is 0 Å². The molecule has 0 amide bonds. The number of nitrogens with one attached hydrogen (secondary N) is 1. The predicted molar refractivity (Wildman–Crippen MR) is 86.9 cm³/mol. The van der Waals surface area contributed by atoms with Gasteiger partial charge in [0.15, 0.2) is 5.03 Å². The van der Waals surface area contributed by atoms with Crippen molar-refractivity contribution in [3.05, 3.63) is 40.3 Å². The molecule has 0 spiro atoms. The summed E-state index contributed by atoms with van der Waals surface area (Å²) in [6.45, 7) is 6.50. The fourth-order valence-corrected chi connectivity index (χ4v) is 3.30. The van der Waals surface area contributed by atoms with Crippen molar-refractivity contribution < 1.29 is 8.42 Å². The number of hydrogen-bond donors (Lipinski definition) is 1. The van der Waals surface area contributed by atoms with E-state index in [9.17, 15) is 8.42 Å². The van der Waals surface area contributed by atoms with Crippen LogP contribution in [0.15, 0.2) is 33.9 Å². The standard InChI is InChI=1S/C14H18BrN3O2S/c1-4-7-18-9-14(16-11(18)3)21(19,20)17-12-5-6-13(15)10(2)8-12/h5-6,8-9,17H,4,7H2,1-3H3. The smallest absolute Gasteiger partial charge is 0.280 e. The van der Waals surface area contributed by atoms with Gasteiger partial charge in [-0.05, 0) is 44.0 Å². The Labute approximate surface area is 133 Å². The Morgan fingerprint density at radius 2 is 2.05 bits per heavy atom. The number of aryl methyl sites for hydroxylation is 3. The molecule has 0 saturated heterocycles. The van der Waals surface area contributed by atoms with Crippen molar-refractivity contribution in [1.82, 2.24) is 9.55 Å². The number of nitrogens with zero attached hydrogens (tertiary/aromatic N) is 2. The number of halogens is 1. The van der Waals surface area contributed by atoms with Crippen LogP contribution in [-0.2, 0) is 16.6 Å². The highest BCUT2D eigenvalue weighted by Crippen LogP contribution is 2.22. The van der Waals surface area contributed by atoms with E-state index in [0.717, 1.165) is 23.0 Å². The van der Waals surface area contributed by atoms with Crippen LogP contribution in [0.5, 0.6) is 0 Å². The van der Waals surface area contributed by atoms with Crippen molar-refractivity contribution in [2.75, 3.05) is 4.72 Å². The molecule has 1 aromatic carbocycles. The molecule has 0 aliphatic carbocycles. The van der Waals surface area contributed by atoms with Crippen molar-refractivity contribution in [2.45, 2.75) is 38.8 Å². The van der Waals surface area contributed by atoms with E-state index < -0.39 is 10.0 Å². The molecular weight excluding hydrogens is 354 g/mol. The Bertz CT molecular complexity index is 754. The van der Waals surface area contributed by atoms with E-state index in [0.29, 0.717) is 11.5 Å². The molecule has 5 nitrogen and oxygen atoms in total. The van der Waals surface area contributed by atoms with Crippen molar-refractivity contribution in [1.29, 1.82) is 0 Å². The molecule has 0 fully saturated rings. The third-order valence-electron chi connectivity index (χ3n) is 3.10. The Balaban J connectivity index is 2.29. The lowest BCUT2D eigenvalue weighted by Crippen LogP contribution is -2.13. The first kappa shape index (κ1) is 16.0. The second kappa shape index (κ2) is 6.19. The predicted octanol–water partition coefficient (Wildman–Crippen LogP) is 3.47. The molecule has 1 N–H and O–H groups in total. The van der Waals surface area contributed by atoms with Crippen molar-refractivity contribution >= 4 is 31.6 Å². The summed E-state index contributed by atoms with van der Waals surface area (Å²) in [5.41, 5.74) is 1.49. The largest absolute Gasteiger partial charge is 0.334 e. The van der Waals surface area contributed by atoms with Gasteiger partial charge in [0.1, 0.15) is 5.82 Å². The lowest BCUT2D eigenvalue weighted by atomic mass is 10.2. The van der Waals surface area contributed by atoms with Gasteiger partial charge in [-0.15, -0.1) is 0 Å². The normalized spacial score (nSPS) is 11.6. The van der Waals surface area contributed by atoms with Crippen LogP contribution in [0.25, 0.3) is 0 Å². The molecule has 7 heteroatoms. The molecular formula is C14H18BrN3O2S. The number of anilines is 1. The van der Waals surface area contributed by atoms with Gasteiger partial charge in [-0.3, -0.25) is 4.72 Å². The number of imidazole rings is 1. The molecule has 21 heavy (non-hydrogen) atoms. The number of benzene rings is 1. The van der Waals surface area contributed by atoms with Gasteiger partial charge in [0, 0.05) is 22.9 Å². The average molecular weight is 372 g/mol. The van der Waals surface area contributed by atoms with Crippen LogP contribution in [0, 0.1) is 13.8 Å². The quantitative estimate of drug-likeness (QED) is 0.874. The Hall–Kier alpha value is -1.34. The first-order chi connectivity index (χ1) is 9.83. The molecule has 0 saturated carbocycles. The average Bonchev–Trinajstić information content (AvgIpc) is 2.77. The molecule has 0 aliphatic heterocycles. The molecule has 0 radical (unpaired) electrons. The molecule has 114 valence electrons. The van der Waals surface area contributed by atoms with Crippen LogP contribution in [0.3, 0.4) is 0 Å². The zero-order valence-corrected chi connectivity index (χ0v) is 14.6. The SMILES string of the molecule is CCCn1cc(S(=O)(=O)Nc2ccc(Br)c(C)c2)nc1C. The molecule has 0 aliphatic rings. The molecule has 1 aromatic heterocycles. The zero-order chi connectivity index (χ0) is 15.6. The zero-order valence-electron chi connectivity index (χ0n) is 12.2. The third-order valence-corrected chi connectivity index (χ3v) is 5.25. The van der Waals surface area contributed by atoms with Gasteiger partial charge in [0.05, 0.1) is 0 Å². The molecule has 2 aromatic rings. The highest BCUT2D eigenvalue weighted by molar-refractivity contribution is 9.10. The van der Waals surface area contributed by atoms with Crippen LogP contribution in [0.1, 0.15) is 24.7 Å². The minimum atomic E-state index is -3.66. The minimum Gasteiger partial charge on any atom is -0.334 e. The van der Waals surface area contributed by atoms with Gasteiger partial charge in [0.25, 0.3) is 10.0 Å². The summed E-state index contributed by atoms with van der Waals surface area (Å²) in [6, 6.07) is 5.30. The van der Waals surface area contributed by atoms with E-state index in [1.54, 1.807) is 25.3 Å². The van der Waals surface area contributed by atoms with E-state index in [-0.39, 0.29) is 5.03 Å². The Kier molecular flexibility index (Phi) is 4.73. The van der Waals surface area contributed by atoms with Crippen LogP contribution < -0.4 is 4.72 Å². The van der Waals surface area contributed by atoms with Crippen molar-refractivity contribution in [3.8, 4) is 0 Å². The van der Waals surface area contributed by atoms with Gasteiger partial charge >= 0.3 is 0 Å². The highest BCUT2D eigenvalue weighted by Gasteiger charge is 2.19. The first-order valence-corrected chi connectivity index (χ1v) is 8.94. The van der Waals surface area contributed by atoms with E-state index in [2.05, 4.69) is 25.6 Å². The summed E-state index contributed by atoms with van der Waals surface area (Å²) in [6.07, 6.45) is 2.50. The maximum absolute atomic E-state index is 12.4. The van der Waals surface area contributed by atoms with Gasteiger partial charge in [-0.2, -0.15) is 8.42 Å². The van der Waals surface area contributed by atoms with Crippen LogP contribution >= 0.6 is 15.9 Å². The van der Waals surface area contributed by atoms with E-state index in [4.69, 9.17) is 0 Å². The number of rotatable bonds is 5. The van der Waals surface area contributed by atoms with Gasteiger partial charge < -0.3 is 4.57 Å². The first-order valence-electron chi connectivity index (χ1n) is 6.66. The van der Waals surface area contributed by atoms with Crippen molar-refractivity contribution in [2.24, 2.45) is 0 Å². The van der Waals surface area contributed by atoms with Crippen LogP contribution in [0.2, 0.25) is 0 Å². The van der Waals surface area contributed by atoms with Gasteiger partial charge in [-0.1, -0.05) is 22.9 Å². The topological polar surface area (TPSA) is 64.0 Å². The molecule has 2 rings (SSSR count). The lowest BCUT2D eigenvalue weighted by molar-refractivity contribution is 0.597. The minimum absolute atomic E-state index is 0.0500. The summed E-state index contributed by atoms with van der Waals surface area (Å²) in [5, 5.41) is 0.0500. The second-order valence-corrected chi connectivity index (χ2v) is 7.37. The second-order valence-electron chi connectivity index (χ2n) is 4.89. The third kappa shape index (κ3) is 3.65. The van der Waals surface area contributed by atoms with Crippen LogP contribution in [-0.4, -0.2) is 18.0 Å². The monoisotopic (exact) mass is 371 g/mol. The molecule has 0 atom stereocenters. The van der Waals surface area contributed by atoms with Crippen molar-refractivity contribution in [3.63, 3.8) is 0 Å². The summed E-state index contributed by atoms with van der Waals surface area (Å²) in [4.78, 5) is 4.14. The Morgan fingerprint density at radius 1 is 1.33 bits per heavy atom. The maximum Gasteiger partial charge on any atom is 0.280 e. The summed E-state index contributed by atoms with van der Waals surface area (Å²) >= 11 is 3.39. The molecule has 0 bridgehead atoms. The fraction of sp³-hybridized carbons (Fsp3) is 0.357. The highest BCUT2D eigenvalue weighted by atomic mass is 79.9. The van der Waals surface area contributed by atoms with E-state index in [1.807, 2.05) is 24.5 Å². The maximum atomic E-state index is 12.4. The molecule has 0 unspecified atom stereocenters. The summed E-state index contributed by atoms with van der Waals surface area (Å²) < 4.78 is 30.1. The number of hydrogen-bond acceptors (Lipinski definition) is 3. The van der Waals surface area contributed by atoms with E-state index >= 15 is 0 Å². The van der Waals surface area contributed by atoms with Crippen LogP contribution in [0.4, 0.5) is 5.69 Å². The van der Waals surface area contributed by atoms with E-state index in [1.165, 1.54) is 0 Å². The lowest BCUT2D eigenvalue weighted by Gasteiger charge is -2.07. The Morgan fingerprint density at radius 3 is 2.67 bits per heavy atom.